The molecule has 0 radical (unpaired) electrons. The molecule has 1 aliphatic heterocycles. The van der Waals surface area contributed by atoms with E-state index in [9.17, 15) is 10.1 Å². The number of nitro benzene ring substituents is 1. The smallest absolute Gasteiger partial charge is 0.310 e. The summed E-state index contributed by atoms with van der Waals surface area (Å²) in [6.07, 6.45) is 3.13. The van der Waals surface area contributed by atoms with E-state index >= 15 is 0 Å². The maximum absolute atomic E-state index is 11.1. The molecule has 1 saturated heterocycles. The van der Waals surface area contributed by atoms with E-state index in [1.54, 1.807) is 40.9 Å². The Morgan fingerprint density at radius 3 is 2.35 bits per heavy atom. The van der Waals surface area contributed by atoms with Crippen LogP contribution in [0.25, 0.3) is 0 Å². The van der Waals surface area contributed by atoms with E-state index in [0.717, 1.165) is 38.9 Å². The summed E-state index contributed by atoms with van der Waals surface area (Å²) < 4.78 is 12.2. The number of thiophene rings is 2. The predicted molar refractivity (Wildman–Crippen MR) is 124 cm³/mol. The Kier molecular flexibility index (Phi) is 7.69. The summed E-state index contributed by atoms with van der Waals surface area (Å²) in [7, 11) is 0. The van der Waals surface area contributed by atoms with Crippen molar-refractivity contribution in [3.63, 3.8) is 0 Å². The van der Waals surface area contributed by atoms with Gasteiger partial charge in [-0.3, -0.25) is 10.1 Å². The fourth-order valence-corrected chi connectivity index (χ4v) is 5.21. The maximum atomic E-state index is 11.1. The van der Waals surface area contributed by atoms with Crippen molar-refractivity contribution < 1.29 is 14.4 Å². The summed E-state index contributed by atoms with van der Waals surface area (Å²) >= 11 is 3.41. The van der Waals surface area contributed by atoms with Gasteiger partial charge in [0.2, 0.25) is 0 Å². The van der Waals surface area contributed by atoms with Gasteiger partial charge < -0.3 is 14.4 Å². The van der Waals surface area contributed by atoms with Gasteiger partial charge in [-0.1, -0.05) is 12.1 Å². The quantitative estimate of drug-likeness (QED) is 0.220. The van der Waals surface area contributed by atoms with E-state index in [1.165, 1.54) is 17.2 Å². The van der Waals surface area contributed by atoms with Crippen LogP contribution in [0.15, 0.2) is 57.9 Å². The van der Waals surface area contributed by atoms with E-state index in [0.29, 0.717) is 12.4 Å². The summed E-state index contributed by atoms with van der Waals surface area (Å²) in [6.45, 7) is 3.39. The van der Waals surface area contributed by atoms with Crippen LogP contribution in [-0.4, -0.2) is 42.2 Å². The van der Waals surface area contributed by atoms with Gasteiger partial charge in [0.25, 0.3) is 0 Å². The molecule has 164 valence electrons. The number of likely N-dealkylation sites (tertiary alicyclic amines) is 1. The van der Waals surface area contributed by atoms with Gasteiger partial charge in [-0.25, -0.2) is 0 Å². The van der Waals surface area contributed by atoms with Crippen LogP contribution in [0.1, 0.15) is 36.5 Å². The van der Waals surface area contributed by atoms with Gasteiger partial charge in [-0.15, -0.1) is 0 Å². The number of para-hydroxylation sites is 2. The zero-order valence-corrected chi connectivity index (χ0v) is 18.9. The van der Waals surface area contributed by atoms with Crippen LogP contribution in [-0.2, 0) is 4.74 Å². The van der Waals surface area contributed by atoms with Crippen molar-refractivity contribution in [3.05, 3.63) is 79.2 Å². The SMILES string of the molecule is O=[N+]([O-])c1ccccc1OCCCN1CCC(OC(c2ccsc2)c2ccsc2)CC1. The van der Waals surface area contributed by atoms with E-state index < -0.39 is 4.92 Å². The second-order valence-electron chi connectivity index (χ2n) is 7.60. The van der Waals surface area contributed by atoms with Crippen molar-refractivity contribution >= 4 is 28.4 Å². The lowest BCUT2D eigenvalue weighted by molar-refractivity contribution is -0.385. The first kappa shape index (κ1) is 22.0. The van der Waals surface area contributed by atoms with Gasteiger partial charge in [-0.05, 0) is 70.1 Å². The molecular formula is C23H26N2O4S2. The predicted octanol–water partition coefficient (Wildman–Crippen LogP) is 5.76. The molecule has 1 fully saturated rings. The Morgan fingerprint density at radius 2 is 1.74 bits per heavy atom. The highest BCUT2D eigenvalue weighted by Gasteiger charge is 2.25. The molecule has 0 amide bonds. The minimum atomic E-state index is -0.403. The molecule has 2 aromatic heterocycles. The zero-order valence-electron chi connectivity index (χ0n) is 17.2. The third kappa shape index (κ3) is 5.92. The maximum Gasteiger partial charge on any atom is 0.310 e. The molecule has 0 N–H and O–H groups in total. The molecule has 31 heavy (non-hydrogen) atoms. The first-order chi connectivity index (χ1) is 15.2. The van der Waals surface area contributed by atoms with Gasteiger partial charge in [0.15, 0.2) is 5.75 Å². The van der Waals surface area contributed by atoms with E-state index in [2.05, 4.69) is 38.6 Å². The first-order valence-corrected chi connectivity index (χ1v) is 12.4. The zero-order chi connectivity index (χ0) is 21.5. The number of ether oxygens (including phenoxy) is 2. The molecule has 3 aromatic rings. The molecule has 8 heteroatoms. The van der Waals surface area contributed by atoms with Crippen LogP contribution in [0.5, 0.6) is 5.75 Å². The van der Waals surface area contributed by atoms with E-state index in [-0.39, 0.29) is 17.9 Å². The van der Waals surface area contributed by atoms with Gasteiger partial charge >= 0.3 is 5.69 Å². The summed E-state index contributed by atoms with van der Waals surface area (Å²) in [6, 6.07) is 10.8. The van der Waals surface area contributed by atoms with Crippen molar-refractivity contribution in [3.8, 4) is 5.75 Å². The summed E-state index contributed by atoms with van der Waals surface area (Å²) in [5.41, 5.74) is 2.49. The highest BCUT2D eigenvalue weighted by atomic mass is 32.1. The molecule has 1 aromatic carbocycles. The number of benzene rings is 1. The monoisotopic (exact) mass is 458 g/mol. The molecule has 0 unspecified atom stereocenters. The van der Waals surface area contributed by atoms with Crippen molar-refractivity contribution in [1.82, 2.24) is 4.90 Å². The number of rotatable bonds is 10. The molecule has 4 rings (SSSR count). The largest absolute Gasteiger partial charge is 0.487 e. The molecule has 1 aliphatic rings. The molecular weight excluding hydrogens is 432 g/mol. The standard InChI is InChI=1S/C23H26N2O4S2/c26-25(27)21-4-1-2-5-22(21)28-13-3-10-24-11-6-20(7-12-24)29-23(18-8-14-30-16-18)19-9-15-31-17-19/h1-2,4-5,8-9,14-17,20,23H,3,6-7,10-13H2. The molecule has 0 spiro atoms. The number of nitrogens with zero attached hydrogens (tertiary/aromatic N) is 2. The summed E-state index contributed by atoms with van der Waals surface area (Å²) in [4.78, 5) is 13.1. The number of hydrogen-bond donors (Lipinski definition) is 0. The highest BCUT2D eigenvalue weighted by molar-refractivity contribution is 7.08. The van der Waals surface area contributed by atoms with Gasteiger partial charge in [0, 0.05) is 25.7 Å². The second kappa shape index (κ2) is 10.9. The van der Waals surface area contributed by atoms with Crippen molar-refractivity contribution in [2.24, 2.45) is 0 Å². The molecule has 6 nitrogen and oxygen atoms in total. The van der Waals surface area contributed by atoms with Crippen molar-refractivity contribution in [2.75, 3.05) is 26.2 Å². The molecule has 0 bridgehead atoms. The van der Waals surface area contributed by atoms with Crippen molar-refractivity contribution in [2.45, 2.75) is 31.5 Å². The van der Waals surface area contributed by atoms with Crippen LogP contribution in [0.4, 0.5) is 5.69 Å². The van der Waals surface area contributed by atoms with E-state index in [1.807, 2.05) is 0 Å². The number of piperidine rings is 1. The molecule has 0 atom stereocenters. The Hall–Kier alpha value is -2.26. The van der Waals surface area contributed by atoms with Gasteiger partial charge in [0.1, 0.15) is 6.10 Å². The number of nitro groups is 1. The Labute approximate surface area is 190 Å². The molecule has 0 saturated carbocycles. The summed E-state index contributed by atoms with van der Waals surface area (Å²) in [5.74, 6) is 0.340. The third-order valence-electron chi connectivity index (χ3n) is 5.49. The average molecular weight is 459 g/mol. The van der Waals surface area contributed by atoms with Crippen LogP contribution >= 0.6 is 22.7 Å². The lowest BCUT2D eigenvalue weighted by Crippen LogP contribution is -2.38. The van der Waals surface area contributed by atoms with Crippen LogP contribution in [0.2, 0.25) is 0 Å². The molecule has 0 aliphatic carbocycles. The Balaban J connectivity index is 1.21. The normalized spacial score (nSPS) is 15.4. The van der Waals surface area contributed by atoms with Gasteiger partial charge in [-0.2, -0.15) is 22.7 Å². The first-order valence-electron chi connectivity index (χ1n) is 10.5. The second-order valence-corrected chi connectivity index (χ2v) is 9.16. The Morgan fingerprint density at radius 1 is 1.06 bits per heavy atom. The minimum absolute atomic E-state index is 0.0177. The molecule has 3 heterocycles. The fourth-order valence-electron chi connectivity index (χ4n) is 3.86. The van der Waals surface area contributed by atoms with Crippen LogP contribution in [0.3, 0.4) is 0 Å². The third-order valence-corrected chi connectivity index (χ3v) is 6.90. The van der Waals surface area contributed by atoms with Crippen LogP contribution in [0, 0.1) is 10.1 Å². The van der Waals surface area contributed by atoms with Crippen LogP contribution < -0.4 is 4.74 Å². The topological polar surface area (TPSA) is 64.8 Å². The van der Waals surface area contributed by atoms with Crippen molar-refractivity contribution in [1.29, 1.82) is 0 Å². The highest BCUT2D eigenvalue weighted by Crippen LogP contribution is 2.32. The summed E-state index contributed by atoms with van der Waals surface area (Å²) in [5, 5.41) is 19.6. The lowest BCUT2D eigenvalue weighted by atomic mass is 10.0. The lowest BCUT2D eigenvalue weighted by Gasteiger charge is -2.33. The average Bonchev–Trinajstić information content (AvgIpc) is 3.51. The Bertz CT molecular complexity index is 904. The minimum Gasteiger partial charge on any atom is -0.487 e. The fraction of sp³-hybridized carbons (Fsp3) is 0.391. The van der Waals surface area contributed by atoms with E-state index in [4.69, 9.17) is 9.47 Å². The van der Waals surface area contributed by atoms with Gasteiger partial charge in [0.05, 0.1) is 17.6 Å². The number of hydrogen-bond acceptors (Lipinski definition) is 7.